The molecule has 2 rings (SSSR count). The third-order valence-electron chi connectivity index (χ3n) is 4.77. The Kier molecular flexibility index (Phi) is 5.15. The number of hydrogen-bond donors (Lipinski definition) is 0. The third-order valence-corrected chi connectivity index (χ3v) is 7.03. The number of rotatable bonds is 5. The van der Waals surface area contributed by atoms with Gasteiger partial charge in [-0.3, -0.25) is 0 Å². The van der Waals surface area contributed by atoms with Gasteiger partial charge in [0.15, 0.2) is 0 Å². The van der Waals surface area contributed by atoms with Crippen molar-refractivity contribution in [3.05, 3.63) is 0 Å². The predicted molar refractivity (Wildman–Crippen MR) is 78.6 cm³/mol. The smallest absolute Gasteiger partial charge is 0.195 e. The van der Waals surface area contributed by atoms with E-state index in [1.54, 1.807) is 11.4 Å². The van der Waals surface area contributed by atoms with E-state index in [1.165, 1.54) is 30.0 Å². The van der Waals surface area contributed by atoms with Crippen LogP contribution < -0.4 is 0 Å². The van der Waals surface area contributed by atoms with Crippen molar-refractivity contribution in [2.24, 2.45) is 5.41 Å². The zero-order valence-corrected chi connectivity index (χ0v) is 13.3. The van der Waals surface area contributed by atoms with E-state index in [1.807, 2.05) is 0 Å². The topological polar surface area (TPSA) is 40.6 Å². The van der Waals surface area contributed by atoms with Gasteiger partial charge in [0.2, 0.25) is 0 Å². The lowest BCUT2D eigenvalue weighted by Gasteiger charge is -2.39. The minimum atomic E-state index is -3.27. The standard InChI is InChI=1S/C13H25ClN2O2S/c1-15(10-4-9-14)19(17,18)16-11-7-13(8-12-16)5-2-3-6-13/h2-12H2,1H3. The van der Waals surface area contributed by atoms with Gasteiger partial charge in [-0.25, -0.2) is 0 Å². The van der Waals surface area contributed by atoms with Crippen molar-refractivity contribution in [2.45, 2.75) is 44.9 Å². The Bertz CT molecular complexity index is 383. The van der Waals surface area contributed by atoms with Gasteiger partial charge in [-0.15, -0.1) is 11.6 Å². The highest BCUT2D eigenvalue weighted by molar-refractivity contribution is 7.86. The first-order valence-electron chi connectivity index (χ1n) is 7.28. The highest BCUT2D eigenvalue weighted by atomic mass is 35.5. The van der Waals surface area contributed by atoms with Gasteiger partial charge in [-0.05, 0) is 37.5 Å². The van der Waals surface area contributed by atoms with Crippen molar-refractivity contribution in [1.82, 2.24) is 8.61 Å². The lowest BCUT2D eigenvalue weighted by Crippen LogP contribution is -2.48. The van der Waals surface area contributed by atoms with Crippen LogP contribution in [-0.2, 0) is 10.2 Å². The second-order valence-corrected chi connectivity index (χ2v) is 8.39. The molecule has 0 aromatic heterocycles. The van der Waals surface area contributed by atoms with Crippen molar-refractivity contribution in [3.8, 4) is 0 Å². The first-order valence-corrected chi connectivity index (χ1v) is 9.21. The fraction of sp³-hybridized carbons (Fsp3) is 1.00. The SMILES string of the molecule is CN(CCCCl)S(=O)(=O)N1CCC2(CCCC2)CC1. The van der Waals surface area contributed by atoms with Crippen molar-refractivity contribution in [2.75, 3.05) is 32.6 Å². The zero-order valence-electron chi connectivity index (χ0n) is 11.8. The summed E-state index contributed by atoms with van der Waals surface area (Å²) in [5.41, 5.74) is 0.459. The quantitative estimate of drug-likeness (QED) is 0.732. The maximum absolute atomic E-state index is 12.4. The van der Waals surface area contributed by atoms with Gasteiger partial charge in [-0.1, -0.05) is 12.8 Å². The van der Waals surface area contributed by atoms with Crippen LogP contribution in [0.2, 0.25) is 0 Å². The molecule has 0 amide bonds. The van der Waals surface area contributed by atoms with Crippen LogP contribution in [0.4, 0.5) is 0 Å². The number of alkyl halides is 1. The Morgan fingerprint density at radius 3 is 2.26 bits per heavy atom. The molecule has 6 heteroatoms. The largest absolute Gasteiger partial charge is 0.281 e. The molecule has 0 bridgehead atoms. The molecule has 19 heavy (non-hydrogen) atoms. The fourth-order valence-corrected chi connectivity index (χ4v) is 4.93. The van der Waals surface area contributed by atoms with E-state index in [9.17, 15) is 8.42 Å². The fourth-order valence-electron chi connectivity index (χ4n) is 3.41. The van der Waals surface area contributed by atoms with Crippen molar-refractivity contribution >= 4 is 21.8 Å². The molecule has 112 valence electrons. The number of halogens is 1. The van der Waals surface area contributed by atoms with Crippen LogP contribution in [-0.4, -0.2) is 49.6 Å². The minimum Gasteiger partial charge on any atom is -0.195 e. The molecule has 0 unspecified atom stereocenters. The summed E-state index contributed by atoms with van der Waals surface area (Å²) in [5.74, 6) is 0.503. The van der Waals surface area contributed by atoms with Gasteiger partial charge in [0.25, 0.3) is 10.2 Å². The van der Waals surface area contributed by atoms with Crippen LogP contribution in [0.1, 0.15) is 44.9 Å². The summed E-state index contributed by atoms with van der Waals surface area (Å²) in [7, 11) is -1.62. The summed E-state index contributed by atoms with van der Waals surface area (Å²) in [5, 5.41) is 0. The third kappa shape index (κ3) is 3.43. The molecule has 1 spiro atoms. The Morgan fingerprint density at radius 2 is 1.74 bits per heavy atom. The summed E-state index contributed by atoms with van der Waals surface area (Å²) >= 11 is 5.63. The summed E-state index contributed by atoms with van der Waals surface area (Å²) < 4.78 is 27.9. The lowest BCUT2D eigenvalue weighted by atomic mass is 9.78. The van der Waals surface area contributed by atoms with Crippen LogP contribution >= 0.6 is 11.6 Å². The molecule has 0 aromatic rings. The Labute approximate surface area is 122 Å². The Morgan fingerprint density at radius 1 is 1.16 bits per heavy atom. The summed E-state index contributed by atoms with van der Waals surface area (Å²) in [4.78, 5) is 0. The Hall–Kier alpha value is 0.160. The summed E-state index contributed by atoms with van der Waals surface area (Å²) in [6, 6.07) is 0. The average molecular weight is 309 g/mol. The molecule has 2 fully saturated rings. The van der Waals surface area contributed by atoms with Gasteiger partial charge in [0, 0.05) is 32.6 Å². The highest BCUT2D eigenvalue weighted by Crippen LogP contribution is 2.46. The molecule has 2 aliphatic rings. The molecule has 1 saturated carbocycles. The monoisotopic (exact) mass is 308 g/mol. The van der Waals surface area contributed by atoms with Gasteiger partial charge in [0.05, 0.1) is 0 Å². The summed E-state index contributed by atoms with van der Waals surface area (Å²) in [6.07, 6.45) is 8.01. The van der Waals surface area contributed by atoms with Gasteiger partial charge in [-0.2, -0.15) is 17.0 Å². The molecular weight excluding hydrogens is 284 g/mol. The molecule has 0 atom stereocenters. The molecular formula is C13H25ClN2O2S. The van der Waals surface area contributed by atoms with Gasteiger partial charge < -0.3 is 0 Å². The molecule has 1 aliphatic carbocycles. The lowest BCUT2D eigenvalue weighted by molar-refractivity contribution is 0.155. The second-order valence-electron chi connectivity index (χ2n) is 5.98. The summed E-state index contributed by atoms with van der Waals surface area (Å²) in [6.45, 7) is 1.88. The number of hydrogen-bond acceptors (Lipinski definition) is 2. The van der Waals surface area contributed by atoms with E-state index in [2.05, 4.69) is 0 Å². The maximum Gasteiger partial charge on any atom is 0.281 e. The molecule has 0 N–H and O–H groups in total. The van der Waals surface area contributed by atoms with Crippen LogP contribution in [0.3, 0.4) is 0 Å². The normalized spacial score (nSPS) is 24.4. The van der Waals surface area contributed by atoms with E-state index in [-0.39, 0.29) is 0 Å². The number of nitrogens with zero attached hydrogens (tertiary/aromatic N) is 2. The molecule has 1 saturated heterocycles. The van der Waals surface area contributed by atoms with Crippen LogP contribution in [0.25, 0.3) is 0 Å². The van der Waals surface area contributed by atoms with Gasteiger partial charge >= 0.3 is 0 Å². The number of piperidine rings is 1. The van der Waals surface area contributed by atoms with E-state index in [0.29, 0.717) is 37.4 Å². The minimum absolute atomic E-state index is 0.459. The van der Waals surface area contributed by atoms with E-state index in [0.717, 1.165) is 12.8 Å². The average Bonchev–Trinajstić information content (AvgIpc) is 2.84. The first kappa shape index (κ1) is 15.5. The van der Waals surface area contributed by atoms with Crippen molar-refractivity contribution < 1.29 is 8.42 Å². The van der Waals surface area contributed by atoms with Gasteiger partial charge in [0.1, 0.15) is 0 Å². The van der Waals surface area contributed by atoms with Crippen molar-refractivity contribution in [3.63, 3.8) is 0 Å². The van der Waals surface area contributed by atoms with Crippen LogP contribution in [0, 0.1) is 5.41 Å². The molecule has 4 nitrogen and oxygen atoms in total. The second kappa shape index (κ2) is 6.29. The van der Waals surface area contributed by atoms with E-state index in [4.69, 9.17) is 11.6 Å². The highest BCUT2D eigenvalue weighted by Gasteiger charge is 2.40. The van der Waals surface area contributed by atoms with Crippen LogP contribution in [0.5, 0.6) is 0 Å². The first-order chi connectivity index (χ1) is 9.00. The molecule has 1 aliphatic heterocycles. The molecule has 1 heterocycles. The maximum atomic E-state index is 12.4. The molecule has 0 radical (unpaired) electrons. The van der Waals surface area contributed by atoms with E-state index >= 15 is 0 Å². The van der Waals surface area contributed by atoms with E-state index < -0.39 is 10.2 Å². The Balaban J connectivity index is 1.92. The van der Waals surface area contributed by atoms with Crippen molar-refractivity contribution in [1.29, 1.82) is 0 Å². The predicted octanol–water partition coefficient (Wildman–Crippen LogP) is 2.45. The van der Waals surface area contributed by atoms with Crippen LogP contribution in [0.15, 0.2) is 0 Å². The zero-order chi connectivity index (χ0) is 13.9. The molecule has 0 aromatic carbocycles.